The predicted molar refractivity (Wildman–Crippen MR) is 155 cm³/mol. The number of aromatic hydroxyl groups is 1. The van der Waals surface area contributed by atoms with Crippen LogP contribution in [0, 0.1) is 11.5 Å². The molecule has 1 unspecified atom stereocenters. The maximum absolute atomic E-state index is 13.2. The molecule has 5 N–H and O–H groups in total. The number of halogens is 2. The van der Waals surface area contributed by atoms with Gasteiger partial charge in [-0.1, -0.05) is 35.3 Å². The molecule has 2 heterocycles. The van der Waals surface area contributed by atoms with Gasteiger partial charge in [-0.3, -0.25) is 14.5 Å². The molecule has 2 aromatic rings. The van der Waals surface area contributed by atoms with E-state index in [1.807, 2.05) is 6.92 Å². The molecule has 0 bridgehead atoms. The normalized spacial score (nSPS) is 18.6. The van der Waals surface area contributed by atoms with Crippen molar-refractivity contribution < 1.29 is 29.7 Å². The highest BCUT2D eigenvalue weighted by atomic mass is 35.5. The van der Waals surface area contributed by atoms with Crippen LogP contribution in [0.4, 0.5) is 0 Å². The zero-order valence-corrected chi connectivity index (χ0v) is 24.4. The Bertz CT molecular complexity index is 1400. The minimum absolute atomic E-state index is 0.0151. The van der Waals surface area contributed by atoms with E-state index in [1.54, 1.807) is 30.5 Å². The van der Waals surface area contributed by atoms with Gasteiger partial charge in [0.15, 0.2) is 0 Å². The molecule has 1 saturated heterocycles. The lowest BCUT2D eigenvalue weighted by Crippen LogP contribution is -2.51. The van der Waals surface area contributed by atoms with Crippen molar-refractivity contribution >= 4 is 41.0 Å². The van der Waals surface area contributed by atoms with E-state index in [-0.39, 0.29) is 40.0 Å². The number of fused-ring (bicyclic) bond motifs is 1. The van der Waals surface area contributed by atoms with Crippen molar-refractivity contribution in [3.05, 3.63) is 62.6 Å². The highest BCUT2D eigenvalue weighted by Crippen LogP contribution is 2.35. The number of nitrogens with one attached hydrogen (secondary N) is 2. The van der Waals surface area contributed by atoms with Gasteiger partial charge in [-0.2, -0.15) is 5.26 Å². The van der Waals surface area contributed by atoms with Gasteiger partial charge in [0.25, 0.3) is 5.91 Å². The van der Waals surface area contributed by atoms with Crippen molar-refractivity contribution in [2.75, 3.05) is 26.2 Å². The Morgan fingerprint density at radius 2 is 2.07 bits per heavy atom. The monoisotopic (exact) mass is 618 g/mol. The van der Waals surface area contributed by atoms with Crippen LogP contribution in [0.1, 0.15) is 52.9 Å². The third-order valence-electron chi connectivity index (χ3n) is 7.19. The second kappa shape index (κ2) is 14.0. The molecule has 0 spiro atoms. The molecule has 14 heteroatoms. The molecule has 2 aliphatic heterocycles. The van der Waals surface area contributed by atoms with Crippen LogP contribution in [-0.2, 0) is 22.6 Å². The van der Waals surface area contributed by atoms with Crippen molar-refractivity contribution in [2.24, 2.45) is 4.99 Å². The molecule has 0 aliphatic carbocycles. The fraction of sp³-hybridized carbons (Fsp3) is 0.429. The van der Waals surface area contributed by atoms with Crippen LogP contribution in [0.15, 0.2) is 35.3 Å². The summed E-state index contributed by atoms with van der Waals surface area (Å²) in [4.78, 5) is 36.5. The van der Waals surface area contributed by atoms with E-state index in [2.05, 4.69) is 20.5 Å². The smallest absolute Gasteiger partial charge is 0.328 e. The highest BCUT2D eigenvalue weighted by molar-refractivity contribution is 6.40. The van der Waals surface area contributed by atoms with E-state index in [9.17, 15) is 24.9 Å². The van der Waals surface area contributed by atoms with Crippen molar-refractivity contribution in [2.45, 2.75) is 51.0 Å². The third kappa shape index (κ3) is 7.61. The third-order valence-corrected chi connectivity index (χ3v) is 7.91. The number of aliphatic hydroxyl groups is 1. The number of carboxylic acids is 1. The number of amides is 1. The number of carbonyl (C=O) groups excluding carboxylic acids is 1. The fourth-order valence-electron chi connectivity index (χ4n) is 4.94. The molecular formula is C28H32Cl2N6O6. The number of phenols is 1. The Labute approximate surface area is 253 Å². The Balaban J connectivity index is 1.40. The number of hydrogen-bond acceptors (Lipinski definition) is 8. The summed E-state index contributed by atoms with van der Waals surface area (Å²) in [7, 11) is 0. The molecule has 224 valence electrons. The summed E-state index contributed by atoms with van der Waals surface area (Å²) in [5.74, 6) is -1.91. The first kappa shape index (κ1) is 31.3. The van der Waals surface area contributed by atoms with Crippen LogP contribution in [0.2, 0.25) is 10.0 Å². The number of hydroxylamine groups is 2. The summed E-state index contributed by atoms with van der Waals surface area (Å²) in [5.41, 5.74) is 2.22. The molecule has 2 aromatic carbocycles. The molecule has 0 saturated carbocycles. The molecule has 4 rings (SSSR count). The van der Waals surface area contributed by atoms with E-state index < -0.39 is 24.0 Å². The van der Waals surface area contributed by atoms with E-state index in [4.69, 9.17) is 33.3 Å². The number of aliphatic imine (C=N–C) groups is 1. The minimum Gasteiger partial charge on any atom is -0.508 e. The van der Waals surface area contributed by atoms with Crippen molar-refractivity contribution in [3.63, 3.8) is 0 Å². The first-order valence-electron chi connectivity index (χ1n) is 13.4. The van der Waals surface area contributed by atoms with Gasteiger partial charge in [-0.25, -0.2) is 9.86 Å². The Hall–Kier alpha value is -3.60. The molecule has 1 fully saturated rings. The van der Waals surface area contributed by atoms with Gasteiger partial charge in [-0.15, -0.1) is 4.99 Å². The van der Waals surface area contributed by atoms with E-state index in [1.165, 1.54) is 11.1 Å². The molecule has 0 aromatic heterocycles. The number of nitrogens with zero attached hydrogens (tertiary/aromatic N) is 4. The van der Waals surface area contributed by atoms with Gasteiger partial charge in [0.1, 0.15) is 11.8 Å². The van der Waals surface area contributed by atoms with E-state index >= 15 is 0 Å². The average Bonchev–Trinajstić information content (AvgIpc) is 3.38. The molecular weight excluding hydrogens is 587 g/mol. The number of carbonyl (C=O) groups is 2. The van der Waals surface area contributed by atoms with Crippen molar-refractivity contribution in [1.82, 2.24) is 20.6 Å². The van der Waals surface area contributed by atoms with Gasteiger partial charge in [0, 0.05) is 26.2 Å². The zero-order chi connectivity index (χ0) is 30.4. The van der Waals surface area contributed by atoms with Crippen molar-refractivity contribution in [3.8, 4) is 11.9 Å². The fourth-order valence-corrected chi connectivity index (χ4v) is 5.71. The second-order valence-electron chi connectivity index (χ2n) is 10.2. The van der Waals surface area contributed by atoms with E-state index in [0.29, 0.717) is 51.0 Å². The number of guanidine groups is 1. The van der Waals surface area contributed by atoms with E-state index in [0.717, 1.165) is 11.1 Å². The summed E-state index contributed by atoms with van der Waals surface area (Å²) in [6.07, 6.45) is 2.53. The van der Waals surface area contributed by atoms with Crippen LogP contribution in [-0.4, -0.2) is 81.4 Å². The van der Waals surface area contributed by atoms with Gasteiger partial charge < -0.3 is 26.0 Å². The van der Waals surface area contributed by atoms with Crippen LogP contribution >= 0.6 is 23.2 Å². The number of rotatable bonds is 9. The number of carboxylic acid groups (broad SMARTS) is 1. The summed E-state index contributed by atoms with van der Waals surface area (Å²) < 4.78 is 0. The van der Waals surface area contributed by atoms with Gasteiger partial charge in [0.05, 0.1) is 34.4 Å². The Morgan fingerprint density at radius 1 is 1.29 bits per heavy atom. The highest BCUT2D eigenvalue weighted by Gasteiger charge is 2.30. The molecule has 2 aliphatic rings. The predicted octanol–water partition coefficient (Wildman–Crippen LogP) is 2.82. The number of hydrogen-bond donors (Lipinski definition) is 5. The van der Waals surface area contributed by atoms with Crippen LogP contribution in [0.5, 0.6) is 5.75 Å². The van der Waals surface area contributed by atoms with Gasteiger partial charge >= 0.3 is 5.97 Å². The van der Waals surface area contributed by atoms with Gasteiger partial charge in [0.2, 0.25) is 12.2 Å². The minimum atomic E-state index is -1.39. The summed E-state index contributed by atoms with van der Waals surface area (Å²) in [6.45, 7) is 3.76. The zero-order valence-electron chi connectivity index (χ0n) is 22.9. The first-order chi connectivity index (χ1) is 20.1. The first-order valence-corrected chi connectivity index (χ1v) is 14.2. The Kier molecular flexibility index (Phi) is 10.5. The lowest BCUT2D eigenvalue weighted by molar-refractivity contribution is -0.139. The Morgan fingerprint density at radius 3 is 2.74 bits per heavy atom. The second-order valence-corrected chi connectivity index (χ2v) is 11.0. The maximum atomic E-state index is 13.2. The maximum Gasteiger partial charge on any atom is 0.328 e. The average molecular weight is 620 g/mol. The van der Waals surface area contributed by atoms with Crippen LogP contribution in [0.3, 0.4) is 0 Å². The molecule has 3 atom stereocenters. The molecule has 0 radical (unpaired) electrons. The summed E-state index contributed by atoms with van der Waals surface area (Å²) in [6, 6.07) is 6.79. The van der Waals surface area contributed by atoms with Crippen LogP contribution in [0.25, 0.3) is 0 Å². The number of aliphatic hydroxyl groups excluding tert-OH is 1. The number of aliphatic carboxylic acids is 1. The number of benzene rings is 2. The largest absolute Gasteiger partial charge is 0.508 e. The molecule has 1 amide bonds. The number of phenolic OH excluding ortho intramolecular Hbond substituents is 1. The topological polar surface area (TPSA) is 171 Å². The lowest BCUT2D eigenvalue weighted by Gasteiger charge is -2.31. The van der Waals surface area contributed by atoms with Gasteiger partial charge in [-0.05, 0) is 61.1 Å². The van der Waals surface area contributed by atoms with Crippen LogP contribution < -0.4 is 10.6 Å². The molecule has 42 heavy (non-hydrogen) atoms. The molecule has 12 nitrogen and oxygen atoms in total. The number of nitriles is 1. The SMILES string of the molecule is C[C@H]1CCN(/C(=N\C#N)NC[C@H](NC(=O)c2c(Cl)cc3c(c2Cl)CCN(CCC(O)c2cccc(O)c2)C3)C(=O)O)O1. The lowest BCUT2D eigenvalue weighted by atomic mass is 9.96. The summed E-state index contributed by atoms with van der Waals surface area (Å²) in [5, 5.41) is 45.8. The quantitative estimate of drug-likeness (QED) is 0.160. The summed E-state index contributed by atoms with van der Waals surface area (Å²) >= 11 is 13.2. The standard InChI is InChI=1S/C28H32Cl2N6O6/c1-16-5-10-36(42-16)28(33-15-31)32-13-22(27(40)41)34-26(39)24-21(29)12-18-14-35(8-6-20(18)25(24)30)9-7-23(38)17-3-2-4-19(37)11-17/h2-4,11-12,16,22-23,37-38H,5-10,13-14H2,1H3,(H,32,33)(H,34,39)(H,40,41)/t16-,22-,23?/m0/s1. The van der Waals surface area contributed by atoms with Crippen molar-refractivity contribution in [1.29, 1.82) is 5.26 Å².